The Hall–Kier alpha value is -3.13. The van der Waals surface area contributed by atoms with Crippen LogP contribution in [0.3, 0.4) is 0 Å². The first-order chi connectivity index (χ1) is 17.8. The standard InChI is InChI=1S/C29H39N5O3/c1-19(2)32-14-16-33(17-15-32)22-12-10-21(11-13-22)24-18-25(29(35)36)30-27-26(24)28(37-20(3)4)31-34(27)23-8-6-5-7-9-23/h10-13,18-20,23H,5-9,14-17H2,1-4H3,(H,35,36). The van der Waals surface area contributed by atoms with Gasteiger partial charge in [0.1, 0.15) is 0 Å². The quantitative estimate of drug-likeness (QED) is 0.446. The zero-order chi connectivity index (χ0) is 26.1. The van der Waals surface area contributed by atoms with Crippen LogP contribution in [0.1, 0.15) is 76.3 Å². The van der Waals surface area contributed by atoms with Gasteiger partial charge < -0.3 is 14.7 Å². The van der Waals surface area contributed by atoms with Crippen LogP contribution in [0.15, 0.2) is 30.3 Å². The highest BCUT2D eigenvalue weighted by Gasteiger charge is 2.27. The molecule has 2 aromatic heterocycles. The maximum atomic E-state index is 12.1. The van der Waals surface area contributed by atoms with Crippen molar-refractivity contribution < 1.29 is 14.6 Å². The van der Waals surface area contributed by atoms with Crippen molar-refractivity contribution in [2.45, 2.75) is 78.0 Å². The molecule has 8 nitrogen and oxygen atoms in total. The number of piperazine rings is 1. The van der Waals surface area contributed by atoms with Gasteiger partial charge in [0.2, 0.25) is 5.88 Å². The maximum Gasteiger partial charge on any atom is 0.354 e. The highest BCUT2D eigenvalue weighted by atomic mass is 16.5. The van der Waals surface area contributed by atoms with E-state index in [0.29, 0.717) is 17.6 Å². The summed E-state index contributed by atoms with van der Waals surface area (Å²) < 4.78 is 8.11. The van der Waals surface area contributed by atoms with Crippen molar-refractivity contribution in [3.8, 4) is 17.0 Å². The third kappa shape index (κ3) is 5.30. The predicted molar refractivity (Wildman–Crippen MR) is 147 cm³/mol. The van der Waals surface area contributed by atoms with E-state index in [4.69, 9.17) is 9.84 Å². The lowest BCUT2D eigenvalue weighted by molar-refractivity contribution is 0.0691. The summed E-state index contributed by atoms with van der Waals surface area (Å²) >= 11 is 0. The highest BCUT2D eigenvalue weighted by Crippen LogP contribution is 2.39. The molecule has 3 aromatic rings. The van der Waals surface area contributed by atoms with Crippen LogP contribution in [-0.4, -0.2) is 69.1 Å². The maximum absolute atomic E-state index is 12.1. The van der Waals surface area contributed by atoms with Gasteiger partial charge in [0.05, 0.1) is 17.5 Å². The summed E-state index contributed by atoms with van der Waals surface area (Å²) in [5.74, 6) is -0.505. The largest absolute Gasteiger partial charge is 0.477 e. The summed E-state index contributed by atoms with van der Waals surface area (Å²) in [5, 5.41) is 15.6. The van der Waals surface area contributed by atoms with Gasteiger partial charge in [-0.15, -0.1) is 5.10 Å². The molecule has 5 rings (SSSR count). The van der Waals surface area contributed by atoms with Gasteiger partial charge in [0.25, 0.3) is 0 Å². The molecular weight excluding hydrogens is 466 g/mol. The number of hydrogen-bond donors (Lipinski definition) is 1. The van der Waals surface area contributed by atoms with Crippen LogP contribution in [0.5, 0.6) is 5.88 Å². The van der Waals surface area contributed by atoms with E-state index < -0.39 is 5.97 Å². The number of aromatic nitrogens is 3. The van der Waals surface area contributed by atoms with Gasteiger partial charge in [-0.05, 0) is 64.3 Å². The molecule has 2 aliphatic rings. The molecule has 3 heterocycles. The minimum absolute atomic E-state index is 0.0319. The first kappa shape index (κ1) is 25.5. The predicted octanol–water partition coefficient (Wildman–Crippen LogP) is 5.62. The van der Waals surface area contributed by atoms with Crippen molar-refractivity contribution >= 4 is 22.7 Å². The average Bonchev–Trinajstić information content (AvgIpc) is 3.26. The van der Waals surface area contributed by atoms with Crippen LogP contribution in [0, 0.1) is 0 Å². The number of anilines is 1. The number of benzene rings is 1. The number of pyridine rings is 1. The van der Waals surface area contributed by atoms with Crippen LogP contribution in [0.25, 0.3) is 22.2 Å². The Bertz CT molecular complexity index is 1240. The summed E-state index contributed by atoms with van der Waals surface area (Å²) in [7, 11) is 0. The highest BCUT2D eigenvalue weighted by molar-refractivity contribution is 6.01. The van der Waals surface area contributed by atoms with Crippen molar-refractivity contribution in [1.29, 1.82) is 0 Å². The summed E-state index contributed by atoms with van der Waals surface area (Å²) in [5.41, 5.74) is 3.57. The van der Waals surface area contributed by atoms with Crippen LogP contribution in [-0.2, 0) is 0 Å². The molecule has 37 heavy (non-hydrogen) atoms. The molecule has 0 amide bonds. The number of ether oxygens (including phenoxy) is 1. The molecule has 1 aliphatic carbocycles. The summed E-state index contributed by atoms with van der Waals surface area (Å²) in [6.07, 6.45) is 5.49. The van der Waals surface area contributed by atoms with Gasteiger partial charge in [-0.25, -0.2) is 14.5 Å². The molecule has 2 fully saturated rings. The molecule has 1 saturated carbocycles. The van der Waals surface area contributed by atoms with Crippen molar-refractivity contribution in [2.75, 3.05) is 31.1 Å². The number of carboxylic acids is 1. The summed E-state index contributed by atoms with van der Waals surface area (Å²) in [4.78, 5) is 21.6. The number of carbonyl (C=O) groups is 1. The first-order valence-electron chi connectivity index (χ1n) is 13.7. The third-order valence-corrected chi connectivity index (χ3v) is 7.70. The van der Waals surface area contributed by atoms with E-state index in [0.717, 1.165) is 68.4 Å². The molecule has 0 unspecified atom stereocenters. The topological polar surface area (TPSA) is 83.7 Å². The number of aromatic carboxylic acids is 1. The Kier molecular flexibility index (Phi) is 7.38. The fourth-order valence-electron chi connectivity index (χ4n) is 5.67. The minimum atomic E-state index is -1.04. The Labute approximate surface area is 219 Å². The van der Waals surface area contributed by atoms with Crippen molar-refractivity contribution in [3.05, 3.63) is 36.0 Å². The second-order valence-electron chi connectivity index (χ2n) is 10.9. The van der Waals surface area contributed by atoms with E-state index >= 15 is 0 Å². The summed E-state index contributed by atoms with van der Waals surface area (Å²) in [6, 6.07) is 10.9. The van der Waals surface area contributed by atoms with Gasteiger partial charge in [-0.1, -0.05) is 31.4 Å². The Morgan fingerprint density at radius 2 is 1.68 bits per heavy atom. The van der Waals surface area contributed by atoms with Gasteiger partial charge in [0.15, 0.2) is 11.3 Å². The fourth-order valence-corrected chi connectivity index (χ4v) is 5.67. The van der Waals surface area contributed by atoms with Gasteiger partial charge in [-0.3, -0.25) is 4.90 Å². The molecule has 0 radical (unpaired) electrons. The van der Waals surface area contributed by atoms with Crippen molar-refractivity contribution in [2.24, 2.45) is 0 Å². The molecule has 1 aromatic carbocycles. The lowest BCUT2D eigenvalue weighted by Gasteiger charge is -2.38. The lowest BCUT2D eigenvalue weighted by Crippen LogP contribution is -2.48. The number of carboxylic acid groups (broad SMARTS) is 1. The van der Waals surface area contributed by atoms with E-state index in [9.17, 15) is 9.90 Å². The first-order valence-corrected chi connectivity index (χ1v) is 13.7. The minimum Gasteiger partial charge on any atom is -0.477 e. The van der Waals surface area contributed by atoms with Crippen LogP contribution >= 0.6 is 0 Å². The summed E-state index contributed by atoms with van der Waals surface area (Å²) in [6.45, 7) is 12.6. The Morgan fingerprint density at radius 1 is 1.00 bits per heavy atom. The Balaban J connectivity index is 1.56. The molecule has 198 valence electrons. The second kappa shape index (κ2) is 10.7. The zero-order valence-electron chi connectivity index (χ0n) is 22.5. The number of nitrogens with zero attached hydrogens (tertiary/aromatic N) is 5. The van der Waals surface area contributed by atoms with Gasteiger partial charge in [-0.2, -0.15) is 0 Å². The molecule has 0 bridgehead atoms. The molecule has 1 saturated heterocycles. The van der Waals surface area contributed by atoms with Crippen molar-refractivity contribution in [1.82, 2.24) is 19.7 Å². The van der Waals surface area contributed by atoms with Crippen LogP contribution in [0.2, 0.25) is 0 Å². The van der Waals surface area contributed by atoms with Gasteiger partial charge in [0, 0.05) is 43.5 Å². The monoisotopic (exact) mass is 505 g/mol. The SMILES string of the molecule is CC(C)Oc1nn(C2CCCCC2)c2nc(C(=O)O)cc(-c3ccc(N4CCN(C(C)C)CC4)cc3)c12. The lowest BCUT2D eigenvalue weighted by atomic mass is 9.95. The zero-order valence-corrected chi connectivity index (χ0v) is 22.5. The van der Waals surface area contributed by atoms with Gasteiger partial charge >= 0.3 is 5.97 Å². The molecule has 1 aliphatic heterocycles. The molecule has 0 spiro atoms. The van der Waals surface area contributed by atoms with Crippen LogP contribution in [0.4, 0.5) is 5.69 Å². The third-order valence-electron chi connectivity index (χ3n) is 7.70. The molecule has 8 heteroatoms. The number of rotatable bonds is 7. The van der Waals surface area contributed by atoms with Crippen LogP contribution < -0.4 is 9.64 Å². The van der Waals surface area contributed by atoms with E-state index in [1.165, 1.54) is 12.1 Å². The normalized spacial score (nSPS) is 17.7. The smallest absolute Gasteiger partial charge is 0.354 e. The van der Waals surface area contributed by atoms with E-state index in [-0.39, 0.29) is 17.8 Å². The van der Waals surface area contributed by atoms with Crippen molar-refractivity contribution in [3.63, 3.8) is 0 Å². The van der Waals surface area contributed by atoms with E-state index in [1.807, 2.05) is 18.5 Å². The van der Waals surface area contributed by atoms with E-state index in [1.54, 1.807) is 6.07 Å². The molecular formula is C29H39N5O3. The molecule has 1 N–H and O–H groups in total. The molecule has 0 atom stereocenters. The fraction of sp³-hybridized carbons (Fsp3) is 0.552. The average molecular weight is 506 g/mol. The number of hydrogen-bond acceptors (Lipinski definition) is 6. The second-order valence-corrected chi connectivity index (χ2v) is 10.9. The number of fused-ring (bicyclic) bond motifs is 1. The Morgan fingerprint density at radius 3 is 2.27 bits per heavy atom. The van der Waals surface area contributed by atoms with E-state index in [2.05, 4.69) is 52.9 Å².